The molecule has 20 heavy (non-hydrogen) atoms. The van der Waals surface area contributed by atoms with Crippen molar-refractivity contribution in [2.45, 2.75) is 44.2 Å². The Bertz CT molecular complexity index is 259. The highest BCUT2D eigenvalue weighted by atomic mass is 28.4. The smallest absolute Gasteiger partial charge is 0.193 e. The van der Waals surface area contributed by atoms with E-state index in [1.54, 1.807) is 0 Å². The molecule has 118 valence electrons. The first-order valence-corrected chi connectivity index (χ1v) is 10.3. The Morgan fingerprint density at radius 3 is 1.85 bits per heavy atom. The van der Waals surface area contributed by atoms with Crippen LogP contribution >= 0.6 is 0 Å². The van der Waals surface area contributed by atoms with Crippen LogP contribution in [0.3, 0.4) is 0 Å². The van der Waals surface area contributed by atoms with Gasteiger partial charge < -0.3 is 23.7 Å². The van der Waals surface area contributed by atoms with Gasteiger partial charge in [0.05, 0.1) is 26.4 Å². The van der Waals surface area contributed by atoms with E-state index in [2.05, 4.69) is 13.8 Å². The summed E-state index contributed by atoms with van der Waals surface area (Å²) in [5.41, 5.74) is 0. The SMILES string of the molecule is CC(C)C[Si](O)(CCOCC1CO1)CCOCC1CO1. The Hall–Kier alpha value is 0.0169. The molecule has 0 aromatic rings. The summed E-state index contributed by atoms with van der Waals surface area (Å²) >= 11 is 0. The third-order valence-corrected chi connectivity index (χ3v) is 7.47. The van der Waals surface area contributed by atoms with Crippen LogP contribution in [0.1, 0.15) is 13.8 Å². The first-order valence-electron chi connectivity index (χ1n) is 7.68. The van der Waals surface area contributed by atoms with Gasteiger partial charge in [0.1, 0.15) is 12.2 Å². The molecule has 2 atom stereocenters. The minimum atomic E-state index is -2.25. The summed E-state index contributed by atoms with van der Waals surface area (Å²) in [5.74, 6) is 0.519. The first-order chi connectivity index (χ1) is 9.57. The van der Waals surface area contributed by atoms with Crippen molar-refractivity contribution in [1.82, 2.24) is 0 Å². The van der Waals surface area contributed by atoms with E-state index < -0.39 is 8.32 Å². The van der Waals surface area contributed by atoms with E-state index in [0.717, 1.165) is 31.3 Å². The number of epoxide rings is 2. The Balaban J connectivity index is 1.61. The second-order valence-corrected chi connectivity index (χ2v) is 10.2. The van der Waals surface area contributed by atoms with Crippen molar-refractivity contribution in [2.24, 2.45) is 5.92 Å². The molecule has 2 rings (SSSR count). The van der Waals surface area contributed by atoms with Crippen molar-refractivity contribution >= 4 is 8.32 Å². The van der Waals surface area contributed by atoms with Gasteiger partial charge >= 0.3 is 0 Å². The fourth-order valence-corrected chi connectivity index (χ4v) is 5.60. The molecule has 0 bridgehead atoms. The summed E-state index contributed by atoms with van der Waals surface area (Å²) in [7, 11) is -2.25. The van der Waals surface area contributed by atoms with Crippen LogP contribution in [0.2, 0.25) is 18.1 Å². The van der Waals surface area contributed by atoms with Crippen LogP contribution in [-0.2, 0) is 18.9 Å². The van der Waals surface area contributed by atoms with Crippen LogP contribution in [-0.4, -0.2) is 65.0 Å². The number of hydrogen-bond acceptors (Lipinski definition) is 5. The minimum absolute atomic E-state index is 0.303. The molecule has 0 saturated carbocycles. The molecule has 0 radical (unpaired) electrons. The highest BCUT2D eigenvalue weighted by molar-refractivity contribution is 6.72. The van der Waals surface area contributed by atoms with Gasteiger partial charge in [0.25, 0.3) is 0 Å². The zero-order valence-corrected chi connectivity index (χ0v) is 13.7. The number of ether oxygens (including phenoxy) is 4. The summed E-state index contributed by atoms with van der Waals surface area (Å²) in [6, 6.07) is 2.50. The standard InChI is InChI=1S/C14H28O5Si/c1-12(2)11-20(15,5-3-16-7-13-9-18-13)6-4-17-8-14-10-19-14/h12-15H,3-11H2,1-2H3. The third kappa shape index (κ3) is 7.15. The zero-order valence-electron chi connectivity index (χ0n) is 12.7. The van der Waals surface area contributed by atoms with Gasteiger partial charge in [0, 0.05) is 13.2 Å². The molecule has 1 N–H and O–H groups in total. The lowest BCUT2D eigenvalue weighted by Gasteiger charge is -2.27. The second kappa shape index (κ2) is 7.86. The highest BCUT2D eigenvalue weighted by Gasteiger charge is 2.32. The predicted molar refractivity (Wildman–Crippen MR) is 78.3 cm³/mol. The van der Waals surface area contributed by atoms with Gasteiger partial charge in [0.15, 0.2) is 8.32 Å². The Morgan fingerprint density at radius 1 is 1.05 bits per heavy atom. The molecule has 2 unspecified atom stereocenters. The van der Waals surface area contributed by atoms with Crippen molar-refractivity contribution in [2.75, 3.05) is 39.6 Å². The Labute approximate surface area is 122 Å². The normalized spacial score (nSPS) is 27.6. The monoisotopic (exact) mass is 304 g/mol. The molecule has 2 saturated heterocycles. The van der Waals surface area contributed by atoms with Gasteiger partial charge in [-0.1, -0.05) is 13.8 Å². The zero-order chi connectivity index (χ0) is 14.4. The Morgan fingerprint density at radius 2 is 1.50 bits per heavy atom. The molecular weight excluding hydrogens is 276 g/mol. The topological polar surface area (TPSA) is 63.8 Å². The van der Waals surface area contributed by atoms with Crippen LogP contribution in [0.4, 0.5) is 0 Å². The molecule has 5 nitrogen and oxygen atoms in total. The molecule has 0 spiro atoms. The van der Waals surface area contributed by atoms with E-state index in [4.69, 9.17) is 18.9 Å². The first kappa shape index (κ1) is 16.4. The van der Waals surface area contributed by atoms with Gasteiger partial charge in [-0.25, -0.2) is 0 Å². The summed E-state index contributed by atoms with van der Waals surface area (Å²) in [5, 5.41) is 0. The Kier molecular flexibility index (Phi) is 6.44. The summed E-state index contributed by atoms with van der Waals surface area (Å²) in [6.45, 7) is 8.59. The van der Waals surface area contributed by atoms with Crippen molar-refractivity contribution in [1.29, 1.82) is 0 Å². The van der Waals surface area contributed by atoms with Crippen LogP contribution in [0.25, 0.3) is 0 Å². The largest absolute Gasteiger partial charge is 0.432 e. The molecule has 0 amide bonds. The predicted octanol–water partition coefficient (Wildman–Crippen LogP) is 1.41. The molecule has 2 heterocycles. The summed E-state index contributed by atoms with van der Waals surface area (Å²) < 4.78 is 21.4. The van der Waals surface area contributed by atoms with Gasteiger partial charge in [0.2, 0.25) is 0 Å². The van der Waals surface area contributed by atoms with Crippen molar-refractivity contribution < 1.29 is 23.7 Å². The maximum Gasteiger partial charge on any atom is 0.193 e. The third-order valence-electron chi connectivity index (χ3n) is 3.62. The van der Waals surface area contributed by atoms with E-state index in [1.807, 2.05) is 0 Å². The van der Waals surface area contributed by atoms with Crippen LogP contribution in [0.5, 0.6) is 0 Å². The van der Waals surface area contributed by atoms with E-state index >= 15 is 0 Å². The average Bonchev–Trinajstić information content (AvgIpc) is 3.24. The lowest BCUT2D eigenvalue weighted by molar-refractivity contribution is 0.119. The second-order valence-electron chi connectivity index (χ2n) is 6.38. The van der Waals surface area contributed by atoms with Gasteiger partial charge in [-0.05, 0) is 24.1 Å². The lowest BCUT2D eigenvalue weighted by Crippen LogP contribution is -2.38. The maximum atomic E-state index is 10.9. The number of hydrogen-bond donors (Lipinski definition) is 1. The molecule has 2 aliphatic rings. The van der Waals surface area contributed by atoms with Crippen molar-refractivity contribution in [3.63, 3.8) is 0 Å². The van der Waals surface area contributed by atoms with E-state index in [1.165, 1.54) is 0 Å². The van der Waals surface area contributed by atoms with Crippen LogP contribution < -0.4 is 0 Å². The average molecular weight is 304 g/mol. The van der Waals surface area contributed by atoms with Gasteiger partial charge in [-0.2, -0.15) is 0 Å². The van der Waals surface area contributed by atoms with Crippen molar-refractivity contribution in [3.05, 3.63) is 0 Å². The van der Waals surface area contributed by atoms with Gasteiger partial charge in [-0.15, -0.1) is 0 Å². The molecule has 2 aliphatic heterocycles. The molecule has 6 heteroatoms. The molecule has 0 aromatic carbocycles. The van der Waals surface area contributed by atoms with E-state index in [0.29, 0.717) is 44.6 Å². The van der Waals surface area contributed by atoms with Crippen molar-refractivity contribution in [3.8, 4) is 0 Å². The molecule has 2 fully saturated rings. The minimum Gasteiger partial charge on any atom is -0.432 e. The molecule has 0 aromatic heterocycles. The van der Waals surface area contributed by atoms with Crippen LogP contribution in [0.15, 0.2) is 0 Å². The molecule has 0 aliphatic carbocycles. The highest BCUT2D eigenvalue weighted by Crippen LogP contribution is 2.23. The van der Waals surface area contributed by atoms with E-state index in [-0.39, 0.29) is 0 Å². The lowest BCUT2D eigenvalue weighted by atomic mass is 10.3. The number of rotatable bonds is 12. The summed E-state index contributed by atoms with van der Waals surface area (Å²) in [6.07, 6.45) is 0.605. The van der Waals surface area contributed by atoms with E-state index in [9.17, 15) is 4.80 Å². The summed E-state index contributed by atoms with van der Waals surface area (Å²) in [4.78, 5) is 10.9. The molecular formula is C14H28O5Si. The van der Waals surface area contributed by atoms with Crippen LogP contribution in [0, 0.1) is 5.92 Å². The fourth-order valence-electron chi connectivity index (χ4n) is 2.37. The fraction of sp³-hybridized carbons (Fsp3) is 1.00. The quantitative estimate of drug-likeness (QED) is 0.335. The maximum absolute atomic E-state index is 10.9. The van der Waals surface area contributed by atoms with Gasteiger partial charge in [-0.3, -0.25) is 0 Å².